The van der Waals surface area contributed by atoms with Gasteiger partial charge in [0.1, 0.15) is 37.6 Å². The van der Waals surface area contributed by atoms with Gasteiger partial charge < -0.3 is 64.9 Å². The number of fused-ring (bicyclic) bond motifs is 3. The molecule has 2 aromatic carbocycles. The number of aromatic nitrogens is 4. The van der Waals surface area contributed by atoms with Crippen molar-refractivity contribution in [1.82, 2.24) is 34.7 Å². The zero-order chi connectivity index (χ0) is 50.3. The highest BCUT2D eigenvalue weighted by molar-refractivity contribution is 8.08. The smallest absolute Gasteiger partial charge is 0.478 e. The molecule has 4 heterocycles. The van der Waals surface area contributed by atoms with E-state index in [9.17, 15) is 58.1 Å². The first-order chi connectivity index (χ1) is 32.3. The second kappa shape index (κ2) is 19.8. The SMILES string of the molecule is CN(C)c1ccc2c(-c3cc(C(=O)NCCNC(=O)O[C@H]4[C@@H](O)[C@H](n5cnc6c(=O)[nH]c(N)nc65)O[C@@H]4COP(=O)(O)OP(=O)(O)OP(O)(O)=S)ccc3C(=O)O)c3ccc(=[N+](C)C)cc-3oc2c1. The summed E-state index contributed by atoms with van der Waals surface area (Å²) in [5, 5.41) is 28.1. The van der Waals surface area contributed by atoms with Gasteiger partial charge in [-0.3, -0.25) is 23.7 Å². The lowest BCUT2D eigenvalue weighted by Gasteiger charge is -2.22. The van der Waals surface area contributed by atoms with Crippen LogP contribution in [0.2, 0.25) is 0 Å². The summed E-state index contributed by atoms with van der Waals surface area (Å²) < 4.78 is 57.8. The van der Waals surface area contributed by atoms with Gasteiger partial charge >= 0.3 is 34.4 Å². The molecule has 2 aromatic heterocycles. The third-order valence-electron chi connectivity index (χ3n) is 10.3. The number of nitrogens with zero attached hydrogens (tertiary/aromatic N) is 5. The van der Waals surface area contributed by atoms with Crippen molar-refractivity contribution in [3.05, 3.63) is 87.8 Å². The Morgan fingerprint density at radius 2 is 1.71 bits per heavy atom. The van der Waals surface area contributed by atoms with Crippen LogP contribution in [0.15, 0.2) is 70.1 Å². The molecule has 6 atom stereocenters. The summed E-state index contributed by atoms with van der Waals surface area (Å²) in [6, 6.07) is 15.0. The number of carbonyl (C=O) groups excluding carboxylic acids is 2. The van der Waals surface area contributed by atoms with Crippen molar-refractivity contribution in [2.75, 3.05) is 58.5 Å². The molecule has 3 aliphatic rings. The molecular formula is C38H43N9O18P3S+. The van der Waals surface area contributed by atoms with Crippen molar-refractivity contribution in [3.63, 3.8) is 0 Å². The van der Waals surface area contributed by atoms with E-state index in [1.807, 2.05) is 74.1 Å². The van der Waals surface area contributed by atoms with Gasteiger partial charge in [-0.05, 0) is 53.8 Å². The predicted molar refractivity (Wildman–Crippen MR) is 246 cm³/mol. The second-order valence-electron chi connectivity index (χ2n) is 15.5. The number of anilines is 2. The number of H-pyrrole nitrogens is 1. The van der Waals surface area contributed by atoms with Crippen LogP contribution in [0.3, 0.4) is 0 Å². The molecule has 0 saturated carbocycles. The van der Waals surface area contributed by atoms with Gasteiger partial charge in [-0.25, -0.2) is 32.6 Å². The number of benzene rings is 3. The van der Waals surface area contributed by atoms with E-state index >= 15 is 0 Å². The summed E-state index contributed by atoms with van der Waals surface area (Å²) in [4.78, 5) is 102. The molecule has 368 valence electrons. The molecule has 2 unspecified atom stereocenters. The van der Waals surface area contributed by atoms with Crippen LogP contribution < -0.4 is 36.8 Å². The minimum absolute atomic E-state index is 0.0620. The summed E-state index contributed by atoms with van der Waals surface area (Å²) in [7, 11) is -3.94. The maximum Gasteiger partial charge on any atom is 0.488 e. The highest BCUT2D eigenvalue weighted by atomic mass is 32.5. The molecule has 2 amide bonds. The fourth-order valence-electron chi connectivity index (χ4n) is 7.23. The van der Waals surface area contributed by atoms with E-state index < -0.39 is 77.0 Å². The molecule has 69 heavy (non-hydrogen) atoms. The molecule has 27 nitrogen and oxygen atoms in total. The maximum absolute atomic E-state index is 13.6. The van der Waals surface area contributed by atoms with Crippen molar-refractivity contribution in [2.45, 2.75) is 24.5 Å². The summed E-state index contributed by atoms with van der Waals surface area (Å²) in [6.07, 6.45) is -7.22. The molecule has 0 spiro atoms. The number of carbonyl (C=O) groups is 3. The first-order valence-corrected chi connectivity index (χ1v) is 25.6. The number of hydrogen-bond acceptors (Lipinski definition) is 18. The van der Waals surface area contributed by atoms with Crippen LogP contribution in [-0.4, -0.2) is 133 Å². The van der Waals surface area contributed by atoms with E-state index in [1.165, 1.54) is 18.2 Å². The van der Waals surface area contributed by atoms with Crippen molar-refractivity contribution < 1.29 is 80.3 Å². The number of carboxylic acids is 1. The Morgan fingerprint density at radius 1 is 0.986 bits per heavy atom. The number of imidazole rings is 1. The minimum atomic E-state index is -5.73. The molecule has 0 bridgehead atoms. The summed E-state index contributed by atoms with van der Waals surface area (Å²) >= 11 is 4.08. The van der Waals surface area contributed by atoms with Crippen molar-refractivity contribution in [2.24, 2.45) is 0 Å². The van der Waals surface area contributed by atoms with Crippen LogP contribution in [0.5, 0.6) is 0 Å². The summed E-state index contributed by atoms with van der Waals surface area (Å²) in [6.45, 7) is -6.56. The fraction of sp³-hybridized carbons (Fsp3) is 0.289. The van der Waals surface area contributed by atoms with E-state index in [-0.39, 0.29) is 46.9 Å². The van der Waals surface area contributed by atoms with E-state index in [1.54, 1.807) is 0 Å². The number of ether oxygens (including phenoxy) is 2. The number of aliphatic hydroxyl groups excluding tert-OH is 1. The molecule has 1 aliphatic carbocycles. The first kappa shape index (κ1) is 50.9. The normalized spacial score (nSPS) is 19.0. The van der Waals surface area contributed by atoms with E-state index in [0.717, 1.165) is 21.9 Å². The van der Waals surface area contributed by atoms with Gasteiger partial charge in [-0.2, -0.15) is 9.29 Å². The summed E-state index contributed by atoms with van der Waals surface area (Å²) in [5.74, 6) is -1.80. The number of carboxylic acid groups (broad SMARTS) is 1. The van der Waals surface area contributed by atoms with Crippen LogP contribution >= 0.6 is 22.4 Å². The van der Waals surface area contributed by atoms with Gasteiger partial charge in [0, 0.05) is 67.1 Å². The van der Waals surface area contributed by atoms with Crippen LogP contribution in [0.4, 0.5) is 16.4 Å². The Morgan fingerprint density at radius 3 is 2.39 bits per heavy atom. The van der Waals surface area contributed by atoms with Gasteiger partial charge in [0.15, 0.2) is 23.5 Å². The number of aromatic amines is 1. The molecule has 7 rings (SSSR count). The van der Waals surface area contributed by atoms with Gasteiger partial charge in [-0.1, -0.05) is 0 Å². The number of phosphoric ester groups is 1. The molecule has 11 N–H and O–H groups in total. The number of nitrogens with two attached hydrogens (primary N) is 1. The first-order valence-electron chi connectivity index (χ1n) is 19.9. The third-order valence-corrected chi connectivity index (χ3v) is 14.7. The lowest BCUT2D eigenvalue weighted by molar-refractivity contribution is -0.0508. The number of nitrogen functional groups attached to an aromatic ring is 1. The van der Waals surface area contributed by atoms with Crippen LogP contribution in [-0.2, 0) is 43.6 Å². The fourth-order valence-corrected chi connectivity index (χ4v) is 11.0. The average molecular weight is 1040 g/mol. The van der Waals surface area contributed by atoms with Gasteiger partial charge in [0.05, 0.1) is 24.6 Å². The van der Waals surface area contributed by atoms with Crippen LogP contribution in [0.25, 0.3) is 44.6 Å². The van der Waals surface area contributed by atoms with Gasteiger partial charge in [0.2, 0.25) is 11.3 Å². The van der Waals surface area contributed by atoms with Crippen LogP contribution in [0.1, 0.15) is 26.9 Å². The number of rotatable bonds is 16. The van der Waals surface area contributed by atoms with Crippen LogP contribution in [0, 0.1) is 0 Å². The minimum Gasteiger partial charge on any atom is -0.478 e. The lowest BCUT2D eigenvalue weighted by atomic mass is 9.89. The zero-order valence-corrected chi connectivity index (χ0v) is 39.8. The molecule has 4 aromatic rings. The topological polar surface area (TPSA) is 386 Å². The summed E-state index contributed by atoms with van der Waals surface area (Å²) in [5.41, 5.74) is 7.02. The maximum atomic E-state index is 13.6. The molecule has 0 radical (unpaired) electrons. The van der Waals surface area contributed by atoms with E-state index in [0.29, 0.717) is 27.9 Å². The highest BCUT2D eigenvalue weighted by Crippen LogP contribution is 2.66. The van der Waals surface area contributed by atoms with E-state index in [2.05, 4.69) is 46.0 Å². The molecule has 2 aliphatic heterocycles. The monoisotopic (exact) mass is 1040 g/mol. The Kier molecular flexibility index (Phi) is 14.6. The number of amides is 2. The van der Waals surface area contributed by atoms with Crippen molar-refractivity contribution >= 4 is 85.9 Å². The second-order valence-corrected chi connectivity index (χ2v) is 21.3. The van der Waals surface area contributed by atoms with Crippen molar-refractivity contribution in [3.8, 4) is 22.5 Å². The Labute approximate surface area is 393 Å². The lowest BCUT2D eigenvalue weighted by Crippen LogP contribution is -2.42. The molecule has 1 saturated heterocycles. The Bertz CT molecular complexity index is 3260. The average Bonchev–Trinajstić information content (AvgIpc) is 3.81. The number of aromatic carboxylic acids is 1. The number of alkyl carbamates (subject to hydrolysis) is 1. The number of nitrogens with one attached hydrogen (secondary N) is 3. The van der Waals surface area contributed by atoms with Gasteiger partial charge in [-0.15, -0.1) is 0 Å². The quantitative estimate of drug-likeness (QED) is 0.0282. The Balaban J connectivity index is 1.08. The number of phosphoric acid groups is 2. The highest BCUT2D eigenvalue weighted by Gasteiger charge is 2.49. The van der Waals surface area contributed by atoms with Gasteiger partial charge in [0.25, 0.3) is 11.5 Å². The largest absolute Gasteiger partial charge is 0.488 e. The molecular weight excluding hydrogens is 995 g/mol. The number of hydrogen-bond donors (Lipinski definition) is 10. The molecule has 31 heteroatoms. The number of aliphatic hydroxyl groups is 1. The van der Waals surface area contributed by atoms with E-state index in [4.69, 9.17) is 24.1 Å². The predicted octanol–water partition coefficient (Wildman–Crippen LogP) is 1.26. The zero-order valence-electron chi connectivity index (χ0n) is 36.3. The van der Waals surface area contributed by atoms with Crippen molar-refractivity contribution in [1.29, 1.82) is 0 Å². The molecule has 1 fully saturated rings. The standard InChI is InChI=1S/C38H42N9O18P3S/c1-45(2)19-6-9-22-25(14-19)61-26-15-20(46(3)4)7-10-23(26)28(22)24-13-18(5-8-21(24)36(51)52)33(49)40-11-12-41-38(53)63-31-27(16-60-66(54,55)64-67(56,57)65-68(58,59)69)62-35(30(31)48)47-17-42-29-32(47)43-37(39)44-34(29)50/h5-10,13-15,17,27,30-31,35,48H,11-12,16H2,1-4H3,(H9-,39,40,41,43,44,49,50,51,52,53,54,55,56,57,58,59,69)/p+1/t27-,30-,31-,35-/m1/s1. The third kappa shape index (κ3) is 11.6. The Hall–Kier alpha value is -5.96.